The van der Waals surface area contributed by atoms with Gasteiger partial charge in [0.2, 0.25) is 0 Å². The van der Waals surface area contributed by atoms with E-state index in [-0.39, 0.29) is 5.91 Å². The molecule has 1 heterocycles. The van der Waals surface area contributed by atoms with Crippen molar-refractivity contribution >= 4 is 23.0 Å². The van der Waals surface area contributed by atoms with Gasteiger partial charge in [0, 0.05) is 17.0 Å². The maximum Gasteiger partial charge on any atom is 0.287 e. The molecule has 0 spiro atoms. The average Bonchev–Trinajstić information content (AvgIpc) is 3.26. The van der Waals surface area contributed by atoms with Gasteiger partial charge in [-0.2, -0.15) is 5.10 Å². The van der Waals surface area contributed by atoms with Gasteiger partial charge in [-0.05, 0) is 48.4 Å². The van der Waals surface area contributed by atoms with Gasteiger partial charge in [0.15, 0.2) is 11.5 Å². The van der Waals surface area contributed by atoms with Crippen molar-refractivity contribution in [2.24, 2.45) is 5.10 Å². The Hall–Kier alpha value is -3.48. The molecule has 1 amide bonds. The summed E-state index contributed by atoms with van der Waals surface area (Å²) >= 11 is 0. The normalized spacial score (nSPS) is 11.1. The van der Waals surface area contributed by atoms with Crippen LogP contribution in [0.5, 0.6) is 17.2 Å². The zero-order valence-corrected chi connectivity index (χ0v) is 19.6. The van der Waals surface area contributed by atoms with Crippen LogP contribution in [0.1, 0.15) is 61.5 Å². The Kier molecular flexibility index (Phi) is 9.18. The Labute approximate surface area is 195 Å². The Morgan fingerprint density at radius 3 is 2.39 bits per heavy atom. The zero-order chi connectivity index (χ0) is 23.5. The number of unbranched alkanes of at least 4 members (excludes halogenated alkanes) is 5. The fourth-order valence-corrected chi connectivity index (χ4v) is 3.53. The first-order valence-corrected chi connectivity index (χ1v) is 11.5. The van der Waals surface area contributed by atoms with E-state index < -0.39 is 0 Å². The molecular formula is C26H33N3O4. The number of amides is 1. The van der Waals surface area contributed by atoms with E-state index >= 15 is 0 Å². The van der Waals surface area contributed by atoms with Crippen LogP contribution in [-0.2, 0) is 0 Å². The van der Waals surface area contributed by atoms with Gasteiger partial charge in [0.05, 0.1) is 27.0 Å². The van der Waals surface area contributed by atoms with Crippen LogP contribution in [0.4, 0.5) is 0 Å². The SMILES string of the molecule is CCCCCCCCOc1ccc(/C=N\NC(=O)c2cc3cc(OC)c(OC)cc3[nH]2)cc1. The van der Waals surface area contributed by atoms with Crippen LogP contribution in [0.25, 0.3) is 10.9 Å². The van der Waals surface area contributed by atoms with Crippen molar-refractivity contribution in [3.05, 3.63) is 53.7 Å². The first-order chi connectivity index (χ1) is 16.1. The molecule has 7 heteroatoms. The molecule has 0 bridgehead atoms. The summed E-state index contributed by atoms with van der Waals surface area (Å²) in [7, 11) is 3.15. The summed E-state index contributed by atoms with van der Waals surface area (Å²) in [5.41, 5.74) is 4.59. The molecule has 0 unspecified atom stereocenters. The van der Waals surface area contributed by atoms with E-state index in [9.17, 15) is 4.79 Å². The van der Waals surface area contributed by atoms with Crippen molar-refractivity contribution in [2.75, 3.05) is 20.8 Å². The van der Waals surface area contributed by atoms with Gasteiger partial charge < -0.3 is 19.2 Å². The molecule has 3 rings (SSSR count). The molecule has 0 aliphatic rings. The number of rotatable bonds is 13. The number of carbonyl (C=O) groups excluding carboxylic acids is 1. The lowest BCUT2D eigenvalue weighted by Crippen LogP contribution is -2.17. The van der Waals surface area contributed by atoms with Crippen LogP contribution in [0.3, 0.4) is 0 Å². The second kappa shape index (κ2) is 12.5. The molecule has 33 heavy (non-hydrogen) atoms. The number of fused-ring (bicyclic) bond motifs is 1. The summed E-state index contributed by atoms with van der Waals surface area (Å²) in [4.78, 5) is 15.5. The minimum absolute atomic E-state index is 0.334. The Balaban J connectivity index is 1.48. The maximum atomic E-state index is 12.5. The smallest absolute Gasteiger partial charge is 0.287 e. The van der Waals surface area contributed by atoms with E-state index in [2.05, 4.69) is 22.4 Å². The molecule has 0 atom stereocenters. The van der Waals surface area contributed by atoms with Gasteiger partial charge in [0.25, 0.3) is 5.91 Å². The molecule has 0 aliphatic heterocycles. The minimum atomic E-state index is -0.334. The van der Waals surface area contributed by atoms with E-state index in [1.807, 2.05) is 30.3 Å². The number of hydrogen-bond acceptors (Lipinski definition) is 5. The van der Waals surface area contributed by atoms with Gasteiger partial charge in [-0.15, -0.1) is 0 Å². The van der Waals surface area contributed by atoms with Crippen LogP contribution >= 0.6 is 0 Å². The van der Waals surface area contributed by atoms with E-state index in [0.29, 0.717) is 17.2 Å². The number of aromatic nitrogens is 1. The summed E-state index contributed by atoms with van der Waals surface area (Å²) in [6.07, 6.45) is 9.06. The van der Waals surface area contributed by atoms with Gasteiger partial charge in [-0.3, -0.25) is 4.79 Å². The highest BCUT2D eigenvalue weighted by Gasteiger charge is 2.12. The van der Waals surface area contributed by atoms with Crippen LogP contribution in [-0.4, -0.2) is 37.9 Å². The average molecular weight is 452 g/mol. The Morgan fingerprint density at radius 1 is 0.970 bits per heavy atom. The molecule has 0 saturated carbocycles. The van der Waals surface area contributed by atoms with E-state index in [1.54, 1.807) is 32.6 Å². The second-order valence-corrected chi connectivity index (χ2v) is 7.86. The lowest BCUT2D eigenvalue weighted by Gasteiger charge is -2.06. The van der Waals surface area contributed by atoms with Crippen molar-refractivity contribution < 1.29 is 19.0 Å². The molecule has 2 N–H and O–H groups in total. The van der Waals surface area contributed by atoms with E-state index in [4.69, 9.17) is 14.2 Å². The molecule has 1 aromatic heterocycles. The monoisotopic (exact) mass is 451 g/mol. The molecule has 176 valence electrons. The van der Waals surface area contributed by atoms with E-state index in [1.165, 1.54) is 32.1 Å². The fourth-order valence-electron chi connectivity index (χ4n) is 3.53. The molecule has 2 aromatic carbocycles. The summed E-state index contributed by atoms with van der Waals surface area (Å²) in [6, 6.07) is 13.0. The molecule has 0 fully saturated rings. The summed E-state index contributed by atoms with van der Waals surface area (Å²) in [6.45, 7) is 2.96. The highest BCUT2D eigenvalue weighted by Crippen LogP contribution is 2.32. The first kappa shape index (κ1) is 24.2. The largest absolute Gasteiger partial charge is 0.494 e. The van der Waals surface area contributed by atoms with E-state index in [0.717, 1.165) is 35.2 Å². The number of hydrogen-bond donors (Lipinski definition) is 2. The maximum absolute atomic E-state index is 12.5. The highest BCUT2D eigenvalue weighted by atomic mass is 16.5. The third kappa shape index (κ3) is 7.00. The van der Waals surface area contributed by atoms with Crippen LogP contribution < -0.4 is 19.6 Å². The van der Waals surface area contributed by atoms with Crippen molar-refractivity contribution in [1.82, 2.24) is 10.4 Å². The number of methoxy groups -OCH3 is 2. The third-order valence-corrected chi connectivity index (χ3v) is 5.40. The van der Waals surface area contributed by atoms with Crippen molar-refractivity contribution in [3.63, 3.8) is 0 Å². The number of carbonyl (C=O) groups is 1. The second-order valence-electron chi connectivity index (χ2n) is 7.86. The third-order valence-electron chi connectivity index (χ3n) is 5.40. The van der Waals surface area contributed by atoms with Crippen LogP contribution in [0.15, 0.2) is 47.6 Å². The molecule has 0 aliphatic carbocycles. The summed E-state index contributed by atoms with van der Waals surface area (Å²) < 4.78 is 16.4. The number of nitrogens with one attached hydrogen (secondary N) is 2. The fraction of sp³-hybridized carbons (Fsp3) is 0.385. The quantitative estimate of drug-likeness (QED) is 0.199. The number of benzene rings is 2. The predicted molar refractivity (Wildman–Crippen MR) is 132 cm³/mol. The number of nitrogens with zero attached hydrogens (tertiary/aromatic N) is 1. The van der Waals surface area contributed by atoms with Gasteiger partial charge in [-0.25, -0.2) is 5.43 Å². The van der Waals surface area contributed by atoms with Crippen molar-refractivity contribution in [1.29, 1.82) is 0 Å². The van der Waals surface area contributed by atoms with Crippen molar-refractivity contribution in [2.45, 2.75) is 45.4 Å². The predicted octanol–water partition coefficient (Wildman–Crippen LogP) is 5.69. The minimum Gasteiger partial charge on any atom is -0.494 e. The molecular weight excluding hydrogens is 418 g/mol. The van der Waals surface area contributed by atoms with Gasteiger partial charge in [-0.1, -0.05) is 39.0 Å². The number of hydrazone groups is 1. The Morgan fingerprint density at radius 2 is 1.67 bits per heavy atom. The molecule has 0 radical (unpaired) electrons. The van der Waals surface area contributed by atoms with Crippen LogP contribution in [0, 0.1) is 0 Å². The van der Waals surface area contributed by atoms with Gasteiger partial charge in [0.1, 0.15) is 11.4 Å². The van der Waals surface area contributed by atoms with Gasteiger partial charge >= 0.3 is 0 Å². The lowest BCUT2D eigenvalue weighted by atomic mass is 10.1. The Bertz CT molecular complexity index is 1020. The lowest BCUT2D eigenvalue weighted by molar-refractivity contribution is 0.0951. The number of H-pyrrole nitrogens is 1. The topological polar surface area (TPSA) is 84.9 Å². The van der Waals surface area contributed by atoms with Crippen LogP contribution in [0.2, 0.25) is 0 Å². The molecule has 3 aromatic rings. The standard InChI is InChI=1S/C26H33N3O4/c1-4-5-6-7-8-9-14-33-21-12-10-19(11-13-21)18-27-29-26(30)23-15-20-16-24(31-2)25(32-3)17-22(20)28-23/h10-13,15-18,28H,4-9,14H2,1-3H3,(H,29,30)/b27-18-. The van der Waals surface area contributed by atoms with Crippen molar-refractivity contribution in [3.8, 4) is 17.2 Å². The molecule has 0 saturated heterocycles. The summed E-state index contributed by atoms with van der Waals surface area (Å²) in [5.74, 6) is 1.71. The summed E-state index contributed by atoms with van der Waals surface area (Å²) in [5, 5.41) is 4.91. The first-order valence-electron chi connectivity index (χ1n) is 11.5. The highest BCUT2D eigenvalue weighted by molar-refractivity contribution is 5.99. The number of ether oxygens (including phenoxy) is 3. The zero-order valence-electron chi connectivity index (χ0n) is 19.6. The number of aromatic amines is 1. The molecule has 7 nitrogen and oxygen atoms in total.